The molecule has 1 saturated heterocycles. The summed E-state index contributed by atoms with van der Waals surface area (Å²) in [5.74, 6) is 1.07. The third-order valence-electron chi connectivity index (χ3n) is 3.93. The third-order valence-corrected chi connectivity index (χ3v) is 4.42. The Bertz CT molecular complexity index is 747. The van der Waals surface area contributed by atoms with Gasteiger partial charge in [0.15, 0.2) is 11.5 Å². The fourth-order valence-electron chi connectivity index (χ4n) is 2.42. The maximum atomic E-state index is 12.9. The van der Waals surface area contributed by atoms with Crippen molar-refractivity contribution >= 4 is 15.9 Å². The van der Waals surface area contributed by atoms with E-state index >= 15 is 0 Å². The average molecular weight is 416 g/mol. The maximum Gasteiger partial charge on any atom is 0.416 e. The molecule has 0 bridgehead atoms. The lowest BCUT2D eigenvalue weighted by Gasteiger charge is -2.29. The van der Waals surface area contributed by atoms with Crippen molar-refractivity contribution in [2.24, 2.45) is 0 Å². The van der Waals surface area contributed by atoms with E-state index in [1.807, 2.05) is 0 Å². The van der Waals surface area contributed by atoms with Gasteiger partial charge >= 0.3 is 6.18 Å². The van der Waals surface area contributed by atoms with Crippen LogP contribution in [0.5, 0.6) is 11.5 Å². The van der Waals surface area contributed by atoms with Crippen LogP contribution >= 0.6 is 15.9 Å². The molecule has 1 N–H and O–H groups in total. The number of hydrogen-bond acceptors (Lipinski definition) is 3. The zero-order valence-electron chi connectivity index (χ0n) is 13.4. The first-order chi connectivity index (χ1) is 11.8. The quantitative estimate of drug-likeness (QED) is 0.748. The Hall–Kier alpha value is -1.73. The molecule has 25 heavy (non-hydrogen) atoms. The van der Waals surface area contributed by atoms with Crippen molar-refractivity contribution in [2.75, 3.05) is 13.1 Å². The highest BCUT2D eigenvalue weighted by atomic mass is 79.9. The molecule has 1 unspecified atom stereocenters. The van der Waals surface area contributed by atoms with E-state index < -0.39 is 17.8 Å². The molecule has 1 atom stereocenters. The van der Waals surface area contributed by atoms with Crippen LogP contribution in [0.1, 0.15) is 24.2 Å². The molecule has 0 aliphatic carbocycles. The number of nitrogens with one attached hydrogen (secondary N) is 1. The molecule has 0 aromatic heterocycles. The number of alkyl halides is 3. The summed E-state index contributed by atoms with van der Waals surface area (Å²) >= 11 is 3.39. The Labute approximate surface area is 152 Å². The van der Waals surface area contributed by atoms with Gasteiger partial charge in [0.25, 0.3) is 0 Å². The van der Waals surface area contributed by atoms with E-state index in [1.165, 1.54) is 6.07 Å². The highest BCUT2D eigenvalue weighted by Crippen LogP contribution is 2.36. The molecular weight excluding hydrogens is 399 g/mol. The molecule has 0 saturated carbocycles. The van der Waals surface area contributed by atoms with Crippen LogP contribution in [0.15, 0.2) is 46.9 Å². The summed E-state index contributed by atoms with van der Waals surface area (Å²) in [5.41, 5.74) is -0.234. The van der Waals surface area contributed by atoms with Crippen molar-refractivity contribution in [3.63, 3.8) is 0 Å². The van der Waals surface area contributed by atoms with E-state index in [0.29, 0.717) is 17.1 Å². The van der Waals surface area contributed by atoms with Crippen LogP contribution in [0.4, 0.5) is 13.2 Å². The fraction of sp³-hybridized carbons (Fsp3) is 0.333. The number of halogens is 4. The molecule has 1 heterocycles. The summed E-state index contributed by atoms with van der Waals surface area (Å²) in [6.45, 7) is 3.23. The zero-order chi connectivity index (χ0) is 18.0. The molecule has 134 valence electrons. The van der Waals surface area contributed by atoms with Gasteiger partial charge in [-0.05, 0) is 42.8 Å². The molecule has 0 amide bonds. The van der Waals surface area contributed by atoms with Gasteiger partial charge in [0.1, 0.15) is 12.2 Å². The van der Waals surface area contributed by atoms with Gasteiger partial charge in [0.05, 0.1) is 5.56 Å². The van der Waals surface area contributed by atoms with Crippen LogP contribution in [0.2, 0.25) is 0 Å². The summed E-state index contributed by atoms with van der Waals surface area (Å²) in [7, 11) is 0. The molecule has 1 aliphatic rings. The molecule has 0 radical (unpaired) electrons. The Balaban J connectivity index is 1.79. The third kappa shape index (κ3) is 4.46. The predicted molar refractivity (Wildman–Crippen MR) is 91.9 cm³/mol. The molecule has 0 spiro atoms. The van der Waals surface area contributed by atoms with Crippen molar-refractivity contribution in [3.8, 4) is 11.5 Å². The number of ether oxygens (including phenoxy) is 2. The van der Waals surface area contributed by atoms with Crippen LogP contribution in [0.25, 0.3) is 0 Å². The zero-order valence-corrected chi connectivity index (χ0v) is 15.0. The van der Waals surface area contributed by atoms with Gasteiger partial charge in [0, 0.05) is 17.6 Å². The second kappa shape index (κ2) is 7.25. The summed E-state index contributed by atoms with van der Waals surface area (Å²) in [4.78, 5) is 0. The summed E-state index contributed by atoms with van der Waals surface area (Å²) < 4.78 is 51.3. The van der Waals surface area contributed by atoms with Crippen molar-refractivity contribution in [2.45, 2.75) is 25.3 Å². The molecule has 1 fully saturated rings. The fourth-order valence-corrected chi connectivity index (χ4v) is 2.76. The first-order valence-corrected chi connectivity index (χ1v) is 8.63. The molecule has 3 rings (SSSR count). The largest absolute Gasteiger partial charge is 0.484 e. The average Bonchev–Trinajstić information content (AvgIpc) is 2.52. The van der Waals surface area contributed by atoms with Gasteiger partial charge in [0.2, 0.25) is 0 Å². The van der Waals surface area contributed by atoms with E-state index in [0.717, 1.165) is 29.7 Å². The standard InChI is InChI=1S/C18H17BrF3NO2/c1-11(12-3-2-4-13(7-12)18(20,21)22)24-16-6-5-14(19)8-17(16)25-15-9-23-10-15/h2-8,11,15,23H,9-10H2,1H3. The van der Waals surface area contributed by atoms with E-state index in [1.54, 1.807) is 31.2 Å². The smallest absolute Gasteiger partial charge is 0.416 e. The Kier molecular flexibility index (Phi) is 5.24. The molecule has 3 nitrogen and oxygen atoms in total. The number of benzene rings is 2. The van der Waals surface area contributed by atoms with Crippen LogP contribution in [0, 0.1) is 0 Å². The van der Waals surface area contributed by atoms with Crippen molar-refractivity contribution < 1.29 is 22.6 Å². The monoisotopic (exact) mass is 415 g/mol. The first-order valence-electron chi connectivity index (χ1n) is 7.83. The minimum Gasteiger partial charge on any atom is -0.484 e. The second-order valence-corrected chi connectivity index (χ2v) is 6.79. The second-order valence-electron chi connectivity index (χ2n) is 5.87. The Morgan fingerprint density at radius 1 is 1.12 bits per heavy atom. The lowest BCUT2D eigenvalue weighted by Crippen LogP contribution is -2.50. The summed E-state index contributed by atoms with van der Waals surface area (Å²) in [6.07, 6.45) is -4.86. The minimum atomic E-state index is -4.38. The van der Waals surface area contributed by atoms with E-state index in [2.05, 4.69) is 21.2 Å². The van der Waals surface area contributed by atoms with Crippen molar-refractivity contribution in [1.29, 1.82) is 0 Å². The molecule has 2 aromatic carbocycles. The number of hydrogen-bond donors (Lipinski definition) is 1. The van der Waals surface area contributed by atoms with Gasteiger partial charge in [-0.3, -0.25) is 0 Å². The maximum absolute atomic E-state index is 12.9. The lowest BCUT2D eigenvalue weighted by molar-refractivity contribution is -0.137. The van der Waals surface area contributed by atoms with Gasteiger partial charge < -0.3 is 14.8 Å². The number of rotatable bonds is 5. The van der Waals surface area contributed by atoms with Crippen LogP contribution < -0.4 is 14.8 Å². The van der Waals surface area contributed by atoms with Crippen LogP contribution in [-0.4, -0.2) is 19.2 Å². The van der Waals surface area contributed by atoms with Crippen LogP contribution in [-0.2, 0) is 6.18 Å². The van der Waals surface area contributed by atoms with Crippen molar-refractivity contribution in [3.05, 3.63) is 58.1 Å². The molecule has 1 aliphatic heterocycles. The molecule has 2 aromatic rings. The topological polar surface area (TPSA) is 30.5 Å². The van der Waals surface area contributed by atoms with Gasteiger partial charge in [-0.25, -0.2) is 0 Å². The Morgan fingerprint density at radius 2 is 1.88 bits per heavy atom. The minimum absolute atomic E-state index is 0.0699. The Morgan fingerprint density at radius 3 is 2.52 bits per heavy atom. The predicted octanol–water partition coefficient (Wildman–Crippen LogP) is 4.96. The lowest BCUT2D eigenvalue weighted by atomic mass is 10.1. The highest BCUT2D eigenvalue weighted by Gasteiger charge is 2.31. The summed E-state index contributed by atoms with van der Waals surface area (Å²) in [5, 5.41) is 3.12. The van der Waals surface area contributed by atoms with Gasteiger partial charge in [-0.1, -0.05) is 28.1 Å². The SMILES string of the molecule is CC(Oc1ccc(Br)cc1OC1CNC1)c1cccc(C(F)(F)F)c1. The molecule has 7 heteroatoms. The van der Waals surface area contributed by atoms with Gasteiger partial charge in [-0.2, -0.15) is 13.2 Å². The van der Waals surface area contributed by atoms with Crippen molar-refractivity contribution in [1.82, 2.24) is 5.32 Å². The summed E-state index contributed by atoms with van der Waals surface area (Å²) in [6, 6.07) is 10.5. The van der Waals surface area contributed by atoms with E-state index in [-0.39, 0.29) is 6.10 Å². The van der Waals surface area contributed by atoms with Gasteiger partial charge in [-0.15, -0.1) is 0 Å². The normalized spacial score (nSPS) is 16.2. The molecular formula is C18H17BrF3NO2. The highest BCUT2D eigenvalue weighted by molar-refractivity contribution is 9.10. The van der Waals surface area contributed by atoms with E-state index in [4.69, 9.17) is 9.47 Å². The van der Waals surface area contributed by atoms with E-state index in [9.17, 15) is 13.2 Å². The first kappa shape index (κ1) is 18.1. The van der Waals surface area contributed by atoms with Crippen LogP contribution in [0.3, 0.4) is 0 Å².